The van der Waals surface area contributed by atoms with Crippen LogP contribution in [0, 0.1) is 0 Å². The predicted molar refractivity (Wildman–Crippen MR) is 96.7 cm³/mol. The van der Waals surface area contributed by atoms with E-state index in [-0.39, 0.29) is 17.4 Å². The third-order valence-corrected chi connectivity index (χ3v) is 4.08. The minimum atomic E-state index is -4.53. The average Bonchev–Trinajstić information content (AvgIpc) is 2.98. The highest BCUT2D eigenvalue weighted by Crippen LogP contribution is 2.33. The van der Waals surface area contributed by atoms with Crippen LogP contribution in [0.3, 0.4) is 0 Å². The summed E-state index contributed by atoms with van der Waals surface area (Å²) >= 11 is 6.07. The lowest BCUT2D eigenvalue weighted by molar-refractivity contribution is -0.138. The number of ether oxygens (including phenoxy) is 1. The van der Waals surface area contributed by atoms with Gasteiger partial charge < -0.3 is 4.74 Å². The third kappa shape index (κ3) is 3.98. The minimum Gasteiger partial charge on any atom is -0.463 e. The average molecular weight is 395 g/mol. The number of alkyl halides is 3. The van der Waals surface area contributed by atoms with Crippen molar-refractivity contribution in [1.29, 1.82) is 0 Å². The first-order valence-corrected chi connectivity index (χ1v) is 8.37. The van der Waals surface area contributed by atoms with Crippen LogP contribution in [-0.2, 0) is 15.7 Å². The van der Waals surface area contributed by atoms with Gasteiger partial charge in [0.2, 0.25) is 0 Å². The number of halogens is 4. The number of carbonyl (C=O) groups excluding carboxylic acids is 1. The number of esters is 1. The summed E-state index contributed by atoms with van der Waals surface area (Å²) in [5, 5.41) is 0.655. The Morgan fingerprint density at radius 3 is 2.74 bits per heavy atom. The number of para-hydroxylation sites is 1. The van der Waals surface area contributed by atoms with Crippen LogP contribution in [0.1, 0.15) is 18.1 Å². The molecule has 0 amide bonds. The maximum atomic E-state index is 12.8. The van der Waals surface area contributed by atoms with Gasteiger partial charge in [0.05, 0.1) is 22.7 Å². The number of carbonyl (C=O) groups is 1. The van der Waals surface area contributed by atoms with Crippen molar-refractivity contribution in [2.75, 3.05) is 6.61 Å². The molecule has 140 valence electrons. The molecular formula is C19H14ClF3N2O2. The second kappa shape index (κ2) is 7.44. The highest BCUT2D eigenvalue weighted by atomic mass is 35.5. The van der Waals surface area contributed by atoms with Crippen LogP contribution in [0.15, 0.2) is 48.8 Å². The van der Waals surface area contributed by atoms with E-state index < -0.39 is 17.7 Å². The molecule has 0 radical (unpaired) electrons. The predicted octanol–water partition coefficient (Wildman–Crippen LogP) is 5.27. The van der Waals surface area contributed by atoms with Gasteiger partial charge in [0.15, 0.2) is 5.82 Å². The molecule has 3 rings (SSSR count). The summed E-state index contributed by atoms with van der Waals surface area (Å²) < 4.78 is 45.0. The Hall–Kier alpha value is -2.80. The van der Waals surface area contributed by atoms with Gasteiger partial charge in [-0.3, -0.25) is 4.57 Å². The number of fused-ring (bicyclic) bond motifs is 1. The fraction of sp³-hybridized carbons (Fsp3) is 0.158. The Balaban J connectivity index is 2.09. The quantitative estimate of drug-likeness (QED) is 0.447. The summed E-state index contributed by atoms with van der Waals surface area (Å²) in [5.41, 5.74) is 0.446. The van der Waals surface area contributed by atoms with E-state index in [2.05, 4.69) is 4.98 Å². The van der Waals surface area contributed by atoms with Gasteiger partial charge in [-0.05, 0) is 25.1 Å². The van der Waals surface area contributed by atoms with Gasteiger partial charge in [-0.25, -0.2) is 9.78 Å². The lowest BCUT2D eigenvalue weighted by Gasteiger charge is -2.10. The number of rotatable bonds is 4. The zero-order chi connectivity index (χ0) is 19.6. The molecule has 0 saturated carbocycles. The normalized spacial score (nSPS) is 12.0. The van der Waals surface area contributed by atoms with Crippen LogP contribution in [0.25, 0.3) is 22.8 Å². The Morgan fingerprint density at radius 2 is 2.07 bits per heavy atom. The number of hydrogen-bond donors (Lipinski definition) is 0. The maximum Gasteiger partial charge on any atom is 0.417 e. The first-order chi connectivity index (χ1) is 12.8. The molecule has 0 aliphatic carbocycles. The van der Waals surface area contributed by atoms with Crippen molar-refractivity contribution in [1.82, 2.24) is 9.55 Å². The maximum absolute atomic E-state index is 12.8. The second-order valence-corrected chi connectivity index (χ2v) is 5.99. The third-order valence-electron chi connectivity index (χ3n) is 3.81. The number of benzene rings is 1. The van der Waals surface area contributed by atoms with E-state index in [4.69, 9.17) is 16.3 Å². The molecule has 0 aliphatic rings. The molecule has 0 aliphatic heterocycles. The molecule has 0 unspecified atom stereocenters. The van der Waals surface area contributed by atoms with Crippen LogP contribution in [-0.4, -0.2) is 22.1 Å². The van der Waals surface area contributed by atoms with Crippen LogP contribution >= 0.6 is 11.6 Å². The lowest BCUT2D eigenvalue weighted by Crippen LogP contribution is -2.07. The molecule has 0 saturated heterocycles. The Bertz CT molecular complexity index is 1030. The van der Waals surface area contributed by atoms with Crippen molar-refractivity contribution in [2.24, 2.45) is 0 Å². The summed E-state index contributed by atoms with van der Waals surface area (Å²) in [6.07, 6.45) is 0.736. The van der Waals surface area contributed by atoms with Gasteiger partial charge >= 0.3 is 12.1 Å². The number of aromatic nitrogens is 2. The second-order valence-electron chi connectivity index (χ2n) is 5.58. The number of hydrogen-bond acceptors (Lipinski definition) is 3. The summed E-state index contributed by atoms with van der Waals surface area (Å²) in [6.45, 7) is 1.96. The molecule has 4 nitrogen and oxygen atoms in total. The summed E-state index contributed by atoms with van der Waals surface area (Å²) in [5.74, 6) is -0.323. The molecule has 0 spiro atoms. The summed E-state index contributed by atoms with van der Waals surface area (Å²) in [6, 6.07) is 8.06. The topological polar surface area (TPSA) is 44.1 Å². The van der Waals surface area contributed by atoms with Crippen molar-refractivity contribution in [3.05, 3.63) is 65.0 Å². The van der Waals surface area contributed by atoms with E-state index in [1.165, 1.54) is 6.08 Å². The van der Waals surface area contributed by atoms with E-state index in [0.29, 0.717) is 11.1 Å². The molecule has 0 N–H and O–H groups in total. The molecule has 2 aromatic heterocycles. The van der Waals surface area contributed by atoms with Crippen molar-refractivity contribution >= 4 is 34.5 Å². The molecule has 8 heteroatoms. The zero-order valence-corrected chi connectivity index (χ0v) is 14.9. The molecule has 0 bridgehead atoms. The van der Waals surface area contributed by atoms with E-state index >= 15 is 0 Å². The largest absolute Gasteiger partial charge is 0.463 e. The van der Waals surface area contributed by atoms with Crippen LogP contribution < -0.4 is 0 Å². The zero-order valence-electron chi connectivity index (χ0n) is 14.1. The molecule has 3 aromatic rings. The lowest BCUT2D eigenvalue weighted by atomic mass is 10.1. The fourth-order valence-corrected chi connectivity index (χ4v) is 2.88. The van der Waals surface area contributed by atoms with Gasteiger partial charge in [-0.2, -0.15) is 13.2 Å². The first-order valence-electron chi connectivity index (χ1n) is 7.99. The molecule has 2 heterocycles. The minimum absolute atomic E-state index is 0.133. The van der Waals surface area contributed by atoms with Crippen molar-refractivity contribution in [2.45, 2.75) is 13.1 Å². The standard InChI is InChI=1S/C19H14ClF3N2O2/c1-2-27-17(26)8-7-12-11-25(16-6-4-3-5-14(12)16)18-15(20)9-13(10-24-18)19(21,22)23/h3-11H,2H2,1H3/b8-7+. The van der Waals surface area contributed by atoms with E-state index in [9.17, 15) is 18.0 Å². The number of nitrogens with zero attached hydrogens (tertiary/aromatic N) is 2. The van der Waals surface area contributed by atoms with Crippen molar-refractivity contribution in [3.63, 3.8) is 0 Å². The molecule has 27 heavy (non-hydrogen) atoms. The van der Waals surface area contributed by atoms with E-state index in [0.717, 1.165) is 17.6 Å². The van der Waals surface area contributed by atoms with Crippen molar-refractivity contribution in [3.8, 4) is 5.82 Å². The van der Waals surface area contributed by atoms with Crippen LogP contribution in [0.2, 0.25) is 5.02 Å². The smallest absolute Gasteiger partial charge is 0.417 e. The molecule has 1 aromatic carbocycles. The summed E-state index contributed by atoms with van der Waals surface area (Å²) in [7, 11) is 0. The monoisotopic (exact) mass is 394 g/mol. The molecular weight excluding hydrogens is 381 g/mol. The highest BCUT2D eigenvalue weighted by molar-refractivity contribution is 6.32. The van der Waals surface area contributed by atoms with Gasteiger partial charge in [0.25, 0.3) is 0 Å². The summed E-state index contributed by atoms with van der Waals surface area (Å²) in [4.78, 5) is 15.5. The molecule has 0 fully saturated rings. The van der Waals surface area contributed by atoms with Gasteiger partial charge in [0.1, 0.15) is 0 Å². The Kier molecular flexibility index (Phi) is 5.23. The van der Waals surface area contributed by atoms with Gasteiger partial charge in [-0.15, -0.1) is 0 Å². The Morgan fingerprint density at radius 1 is 1.33 bits per heavy atom. The SMILES string of the molecule is CCOC(=O)/C=C/c1cn(-c2ncc(C(F)(F)F)cc2Cl)c2ccccc12. The fourth-order valence-electron chi connectivity index (χ4n) is 2.63. The van der Waals surface area contributed by atoms with Crippen LogP contribution in [0.4, 0.5) is 13.2 Å². The highest BCUT2D eigenvalue weighted by Gasteiger charge is 2.31. The van der Waals surface area contributed by atoms with E-state index in [1.807, 2.05) is 12.1 Å². The Labute approximate surface area is 157 Å². The van der Waals surface area contributed by atoms with E-state index in [1.54, 1.807) is 35.9 Å². The first kappa shape index (κ1) is 19.0. The molecule has 0 atom stereocenters. The van der Waals surface area contributed by atoms with Crippen molar-refractivity contribution < 1.29 is 22.7 Å². The van der Waals surface area contributed by atoms with Gasteiger partial charge in [-0.1, -0.05) is 29.8 Å². The van der Waals surface area contributed by atoms with Crippen LogP contribution in [0.5, 0.6) is 0 Å². The van der Waals surface area contributed by atoms with Gasteiger partial charge in [0, 0.05) is 29.4 Å². The number of pyridine rings is 1.